The van der Waals surface area contributed by atoms with E-state index in [-0.39, 0.29) is 5.97 Å². The zero-order valence-corrected chi connectivity index (χ0v) is 14.1. The number of hydrogen-bond donors (Lipinski definition) is 1. The molecule has 1 N–H and O–H groups in total. The number of benzene rings is 1. The maximum absolute atomic E-state index is 12.2. The number of carbonyl (C=O) groups excluding carboxylic acids is 2. The lowest BCUT2D eigenvalue weighted by Gasteiger charge is -2.38. The van der Waals surface area contributed by atoms with Crippen molar-refractivity contribution in [1.82, 2.24) is 5.32 Å². The van der Waals surface area contributed by atoms with Crippen molar-refractivity contribution in [2.75, 3.05) is 7.11 Å². The quantitative estimate of drug-likeness (QED) is 0.620. The molecule has 0 heterocycles. The Balaban J connectivity index is 2.09. The summed E-state index contributed by atoms with van der Waals surface area (Å²) >= 11 is 0. The lowest BCUT2D eigenvalue weighted by Crippen LogP contribution is -2.56. The van der Waals surface area contributed by atoms with Gasteiger partial charge in [-0.3, -0.25) is 10.1 Å². The summed E-state index contributed by atoms with van der Waals surface area (Å²) in [4.78, 5) is 23.9. The van der Waals surface area contributed by atoms with Crippen molar-refractivity contribution in [2.24, 2.45) is 5.92 Å². The summed E-state index contributed by atoms with van der Waals surface area (Å²) in [5, 5.41) is 3.32. The van der Waals surface area contributed by atoms with Crippen LogP contribution in [-0.2, 0) is 20.7 Å². The molecule has 0 spiro atoms. The Bertz CT molecular complexity index is 507. The van der Waals surface area contributed by atoms with Crippen LogP contribution in [0.25, 0.3) is 0 Å². The Labute approximate surface area is 138 Å². The molecule has 1 unspecified atom stereocenters. The van der Waals surface area contributed by atoms with Crippen LogP contribution in [0.2, 0.25) is 0 Å². The fraction of sp³-hybridized carbons (Fsp3) is 0.579. The van der Waals surface area contributed by atoms with Gasteiger partial charge in [0.2, 0.25) is 0 Å². The molecule has 0 radical (unpaired) electrons. The standard InChI is InChI=1S/C19H27NO3/c1-3-15-9-11-19(14-21,12-10-15)20-17(18(22)23-2)13-16-7-5-4-6-8-16/h4-8,14-15,17,20H,3,9-13H2,1-2H3. The van der Waals surface area contributed by atoms with Crippen LogP contribution in [0.15, 0.2) is 30.3 Å². The smallest absolute Gasteiger partial charge is 0.323 e. The second kappa shape index (κ2) is 8.25. The van der Waals surface area contributed by atoms with Crippen molar-refractivity contribution < 1.29 is 14.3 Å². The van der Waals surface area contributed by atoms with E-state index in [2.05, 4.69) is 12.2 Å². The molecule has 1 aliphatic carbocycles. The molecule has 1 aromatic rings. The maximum atomic E-state index is 12.2. The molecule has 1 saturated carbocycles. The van der Waals surface area contributed by atoms with Crippen molar-refractivity contribution in [3.8, 4) is 0 Å². The molecule has 0 amide bonds. The van der Waals surface area contributed by atoms with E-state index in [1.807, 2.05) is 30.3 Å². The van der Waals surface area contributed by atoms with E-state index in [0.29, 0.717) is 12.3 Å². The summed E-state index contributed by atoms with van der Waals surface area (Å²) in [6.07, 6.45) is 6.32. The second-order valence-electron chi connectivity index (χ2n) is 6.54. The lowest BCUT2D eigenvalue weighted by molar-refractivity contribution is -0.144. The Morgan fingerprint density at radius 2 is 2.00 bits per heavy atom. The monoisotopic (exact) mass is 317 g/mol. The summed E-state index contributed by atoms with van der Waals surface area (Å²) in [5.41, 5.74) is 0.456. The number of methoxy groups -OCH3 is 1. The molecular weight excluding hydrogens is 290 g/mol. The molecule has 23 heavy (non-hydrogen) atoms. The predicted octanol–water partition coefficient (Wildman–Crippen LogP) is 2.90. The number of hydrogen-bond acceptors (Lipinski definition) is 4. The molecule has 1 aromatic carbocycles. The van der Waals surface area contributed by atoms with Crippen molar-refractivity contribution in [1.29, 1.82) is 0 Å². The van der Waals surface area contributed by atoms with E-state index < -0.39 is 11.6 Å². The highest BCUT2D eigenvalue weighted by Gasteiger charge is 2.38. The molecular formula is C19H27NO3. The molecule has 4 nitrogen and oxygen atoms in total. The zero-order chi connectivity index (χ0) is 16.7. The first-order valence-corrected chi connectivity index (χ1v) is 8.48. The van der Waals surface area contributed by atoms with E-state index in [1.54, 1.807) is 0 Å². The van der Waals surface area contributed by atoms with E-state index in [0.717, 1.165) is 44.0 Å². The van der Waals surface area contributed by atoms with Crippen molar-refractivity contribution in [3.05, 3.63) is 35.9 Å². The highest BCUT2D eigenvalue weighted by Crippen LogP contribution is 2.33. The molecule has 1 fully saturated rings. The van der Waals surface area contributed by atoms with E-state index >= 15 is 0 Å². The first-order chi connectivity index (χ1) is 11.1. The number of rotatable bonds is 7. The fourth-order valence-corrected chi connectivity index (χ4v) is 3.43. The largest absolute Gasteiger partial charge is 0.468 e. The third-order valence-electron chi connectivity index (χ3n) is 5.03. The van der Waals surface area contributed by atoms with Gasteiger partial charge in [-0.2, -0.15) is 0 Å². The summed E-state index contributed by atoms with van der Waals surface area (Å²) in [6, 6.07) is 9.32. The molecule has 4 heteroatoms. The zero-order valence-electron chi connectivity index (χ0n) is 14.1. The topological polar surface area (TPSA) is 55.4 Å². The highest BCUT2D eigenvalue weighted by molar-refractivity contribution is 5.77. The second-order valence-corrected chi connectivity index (χ2v) is 6.54. The fourth-order valence-electron chi connectivity index (χ4n) is 3.43. The first kappa shape index (κ1) is 17.7. The molecule has 126 valence electrons. The number of carbonyl (C=O) groups is 2. The Morgan fingerprint density at radius 3 is 2.52 bits per heavy atom. The van der Waals surface area contributed by atoms with E-state index in [9.17, 15) is 9.59 Å². The van der Waals surface area contributed by atoms with Gasteiger partial charge in [0.1, 0.15) is 12.3 Å². The SMILES string of the molecule is CCC1CCC(C=O)(NC(Cc2ccccc2)C(=O)OC)CC1. The Hall–Kier alpha value is -1.68. The van der Waals surface area contributed by atoms with Crippen LogP contribution >= 0.6 is 0 Å². The van der Waals surface area contributed by atoms with Gasteiger partial charge in [-0.1, -0.05) is 43.7 Å². The molecule has 0 aliphatic heterocycles. The van der Waals surface area contributed by atoms with Gasteiger partial charge < -0.3 is 9.53 Å². The molecule has 2 rings (SSSR count). The van der Waals surface area contributed by atoms with Crippen LogP contribution in [0.1, 0.15) is 44.6 Å². The predicted molar refractivity (Wildman–Crippen MR) is 90.1 cm³/mol. The van der Waals surface area contributed by atoms with Crippen molar-refractivity contribution in [3.63, 3.8) is 0 Å². The summed E-state index contributed by atoms with van der Waals surface area (Å²) in [6.45, 7) is 2.19. The third-order valence-corrected chi connectivity index (χ3v) is 5.03. The van der Waals surface area contributed by atoms with Crippen LogP contribution in [0, 0.1) is 5.92 Å². The number of nitrogens with one attached hydrogen (secondary N) is 1. The number of ether oxygens (including phenoxy) is 1. The number of esters is 1. The van der Waals surface area contributed by atoms with E-state index in [1.165, 1.54) is 7.11 Å². The van der Waals surface area contributed by atoms with Crippen LogP contribution in [0.4, 0.5) is 0 Å². The van der Waals surface area contributed by atoms with Gasteiger partial charge in [-0.25, -0.2) is 0 Å². The molecule has 0 saturated heterocycles. The highest BCUT2D eigenvalue weighted by atomic mass is 16.5. The number of aldehydes is 1. The lowest BCUT2D eigenvalue weighted by atomic mass is 9.76. The van der Waals surface area contributed by atoms with Gasteiger partial charge in [0, 0.05) is 0 Å². The van der Waals surface area contributed by atoms with Crippen molar-refractivity contribution >= 4 is 12.3 Å². The minimum absolute atomic E-state index is 0.312. The third kappa shape index (κ3) is 4.64. The summed E-state index contributed by atoms with van der Waals surface area (Å²) in [7, 11) is 1.39. The summed E-state index contributed by atoms with van der Waals surface area (Å²) < 4.78 is 4.94. The van der Waals surface area contributed by atoms with Gasteiger partial charge >= 0.3 is 5.97 Å². The van der Waals surface area contributed by atoms with Gasteiger partial charge in [-0.05, 0) is 43.6 Å². The van der Waals surface area contributed by atoms with Crippen LogP contribution < -0.4 is 5.32 Å². The van der Waals surface area contributed by atoms with Crippen LogP contribution in [0.5, 0.6) is 0 Å². The van der Waals surface area contributed by atoms with Crippen LogP contribution in [-0.4, -0.2) is 30.9 Å². The van der Waals surface area contributed by atoms with Gasteiger partial charge in [0.05, 0.1) is 12.6 Å². The van der Waals surface area contributed by atoms with Gasteiger partial charge in [0.15, 0.2) is 0 Å². The van der Waals surface area contributed by atoms with E-state index in [4.69, 9.17) is 4.74 Å². The Morgan fingerprint density at radius 1 is 1.35 bits per heavy atom. The minimum atomic E-state index is -0.598. The average Bonchev–Trinajstić information content (AvgIpc) is 2.62. The first-order valence-electron chi connectivity index (χ1n) is 8.48. The Kier molecular flexibility index (Phi) is 6.34. The van der Waals surface area contributed by atoms with Gasteiger partial charge in [-0.15, -0.1) is 0 Å². The normalized spacial score (nSPS) is 25.6. The van der Waals surface area contributed by atoms with Crippen molar-refractivity contribution in [2.45, 2.75) is 57.0 Å². The maximum Gasteiger partial charge on any atom is 0.323 e. The molecule has 0 bridgehead atoms. The average molecular weight is 317 g/mol. The molecule has 0 aromatic heterocycles. The molecule has 1 atom stereocenters. The molecule has 1 aliphatic rings. The minimum Gasteiger partial charge on any atom is -0.468 e. The van der Waals surface area contributed by atoms with Gasteiger partial charge in [0.25, 0.3) is 0 Å². The summed E-state index contributed by atoms with van der Waals surface area (Å²) in [5.74, 6) is 0.378. The van der Waals surface area contributed by atoms with Crippen LogP contribution in [0.3, 0.4) is 0 Å².